The van der Waals surface area contributed by atoms with E-state index in [0.717, 1.165) is 10.8 Å². The number of aromatic nitrogens is 2. The van der Waals surface area contributed by atoms with Crippen molar-refractivity contribution in [1.29, 1.82) is 0 Å². The van der Waals surface area contributed by atoms with Gasteiger partial charge in [0.05, 0.1) is 19.3 Å². The van der Waals surface area contributed by atoms with Crippen molar-refractivity contribution < 1.29 is 28.6 Å². The Morgan fingerprint density at radius 2 is 2.21 bits per heavy atom. The van der Waals surface area contributed by atoms with Crippen LogP contribution in [0.3, 0.4) is 0 Å². The Morgan fingerprint density at radius 1 is 1.58 bits per heavy atom. The van der Waals surface area contributed by atoms with Gasteiger partial charge in [-0.25, -0.2) is 9.18 Å². The maximum absolute atomic E-state index is 13.1. The Labute approximate surface area is 106 Å². The zero-order valence-electron chi connectivity index (χ0n) is 9.64. The largest absolute Gasteiger partial charge is 0.394 e. The second-order valence-electron chi connectivity index (χ2n) is 3.67. The van der Waals surface area contributed by atoms with Crippen LogP contribution in [-0.2, 0) is 15.8 Å². The number of aliphatic hydroxyl groups is 1. The summed E-state index contributed by atoms with van der Waals surface area (Å²) in [4.78, 5) is 31.8. The molecule has 1 heterocycles. The van der Waals surface area contributed by atoms with E-state index in [1.807, 2.05) is 0 Å². The summed E-state index contributed by atoms with van der Waals surface area (Å²) in [5, 5.41) is 8.97. The first-order valence-electron chi connectivity index (χ1n) is 5.02. The van der Waals surface area contributed by atoms with Gasteiger partial charge < -0.3 is 25.4 Å². The molecule has 108 valence electrons. The second-order valence-corrected chi connectivity index (χ2v) is 5.26. The summed E-state index contributed by atoms with van der Waals surface area (Å²) < 4.78 is 29.2. The molecule has 0 aliphatic heterocycles. The van der Waals surface area contributed by atoms with Gasteiger partial charge in [0.25, 0.3) is 0 Å². The highest BCUT2D eigenvalue weighted by Crippen LogP contribution is 2.34. The van der Waals surface area contributed by atoms with E-state index in [4.69, 9.17) is 25.4 Å². The van der Waals surface area contributed by atoms with Gasteiger partial charge in [0.15, 0.2) is 11.6 Å². The van der Waals surface area contributed by atoms with E-state index in [-0.39, 0.29) is 6.54 Å². The number of nitrogen functional groups attached to an aromatic ring is 1. The first-order chi connectivity index (χ1) is 8.73. The molecule has 0 aliphatic carbocycles. The molecule has 11 heteroatoms. The number of hydrogen-bond acceptors (Lipinski definition) is 6. The normalized spacial score (nSPS) is 13.5. The summed E-state index contributed by atoms with van der Waals surface area (Å²) in [5.41, 5.74) is 4.22. The predicted octanol–water partition coefficient (Wildman–Crippen LogP) is -1.52. The molecule has 0 saturated heterocycles. The molecule has 5 N–H and O–H groups in total. The molecule has 1 aromatic rings. The highest BCUT2D eigenvalue weighted by atomic mass is 31.2. The monoisotopic (exact) mass is 297 g/mol. The summed E-state index contributed by atoms with van der Waals surface area (Å²) in [6, 6.07) is 0. The van der Waals surface area contributed by atoms with Crippen LogP contribution >= 0.6 is 7.60 Å². The van der Waals surface area contributed by atoms with Gasteiger partial charge in [-0.15, -0.1) is 0 Å². The first-order valence-corrected chi connectivity index (χ1v) is 6.82. The number of aliphatic hydroxyl groups excluding tert-OH is 1. The average molecular weight is 297 g/mol. The van der Waals surface area contributed by atoms with E-state index < -0.39 is 44.0 Å². The minimum absolute atomic E-state index is 0.320. The molecule has 0 aliphatic rings. The van der Waals surface area contributed by atoms with Crippen molar-refractivity contribution in [2.24, 2.45) is 0 Å². The molecule has 1 atom stereocenters. The molecule has 0 aromatic carbocycles. The van der Waals surface area contributed by atoms with Crippen molar-refractivity contribution in [3.8, 4) is 0 Å². The lowest BCUT2D eigenvalue weighted by molar-refractivity contribution is 0.0187. The maximum Gasteiger partial charge on any atom is 0.350 e. The second kappa shape index (κ2) is 6.22. The van der Waals surface area contributed by atoms with Crippen LogP contribution in [0.1, 0.15) is 0 Å². The topological polar surface area (TPSA) is 148 Å². The molecular formula is C8H13FN3O6P. The van der Waals surface area contributed by atoms with Crippen LogP contribution in [0.4, 0.5) is 10.2 Å². The van der Waals surface area contributed by atoms with Gasteiger partial charge >= 0.3 is 13.3 Å². The summed E-state index contributed by atoms with van der Waals surface area (Å²) >= 11 is 0. The molecular weight excluding hydrogens is 284 g/mol. The van der Waals surface area contributed by atoms with E-state index >= 15 is 0 Å². The third-order valence-corrected chi connectivity index (χ3v) is 2.54. The Kier molecular flexibility index (Phi) is 5.15. The van der Waals surface area contributed by atoms with Crippen molar-refractivity contribution in [3.05, 3.63) is 22.5 Å². The van der Waals surface area contributed by atoms with Gasteiger partial charge in [-0.1, -0.05) is 0 Å². The number of nitrogens with two attached hydrogens (primary N) is 1. The van der Waals surface area contributed by atoms with Gasteiger partial charge in [0.1, 0.15) is 6.35 Å². The quantitative estimate of drug-likeness (QED) is 0.462. The Bertz CT molecular complexity index is 544. The predicted molar refractivity (Wildman–Crippen MR) is 61.7 cm³/mol. The Hall–Kier alpha value is -1.32. The van der Waals surface area contributed by atoms with E-state index in [0.29, 0.717) is 0 Å². The summed E-state index contributed by atoms with van der Waals surface area (Å²) in [7, 11) is -4.40. The SMILES string of the molecule is Nc1nc(=O)n(C[C@@H](CO)OCP(=O)(O)O)cc1F. The van der Waals surface area contributed by atoms with Crippen molar-refractivity contribution in [2.45, 2.75) is 12.6 Å². The van der Waals surface area contributed by atoms with Crippen molar-refractivity contribution in [3.63, 3.8) is 0 Å². The van der Waals surface area contributed by atoms with Gasteiger partial charge in [-0.05, 0) is 0 Å². The lowest BCUT2D eigenvalue weighted by atomic mass is 10.3. The molecule has 0 saturated carbocycles. The fraction of sp³-hybridized carbons (Fsp3) is 0.500. The smallest absolute Gasteiger partial charge is 0.350 e. The fourth-order valence-electron chi connectivity index (χ4n) is 1.19. The van der Waals surface area contributed by atoms with Crippen molar-refractivity contribution in [2.75, 3.05) is 18.7 Å². The lowest BCUT2D eigenvalue weighted by Crippen LogP contribution is -2.32. The van der Waals surface area contributed by atoms with E-state index in [1.54, 1.807) is 0 Å². The highest BCUT2D eigenvalue weighted by molar-refractivity contribution is 7.51. The molecule has 1 aromatic heterocycles. The van der Waals surface area contributed by atoms with Crippen LogP contribution in [0.5, 0.6) is 0 Å². The van der Waals surface area contributed by atoms with Gasteiger partial charge in [-0.3, -0.25) is 9.13 Å². The molecule has 19 heavy (non-hydrogen) atoms. The number of nitrogens with zero attached hydrogens (tertiary/aromatic N) is 2. The van der Waals surface area contributed by atoms with Crippen LogP contribution in [0.15, 0.2) is 11.0 Å². The lowest BCUT2D eigenvalue weighted by Gasteiger charge is -2.17. The van der Waals surface area contributed by atoms with Gasteiger partial charge in [-0.2, -0.15) is 4.98 Å². The number of halogens is 1. The molecule has 0 radical (unpaired) electrons. The molecule has 0 spiro atoms. The maximum atomic E-state index is 13.1. The number of hydrogen-bond donors (Lipinski definition) is 4. The molecule has 1 rings (SSSR count). The molecule has 0 bridgehead atoms. The van der Waals surface area contributed by atoms with Crippen LogP contribution in [0.25, 0.3) is 0 Å². The van der Waals surface area contributed by atoms with E-state index in [1.165, 1.54) is 0 Å². The number of anilines is 1. The zero-order chi connectivity index (χ0) is 14.6. The van der Waals surface area contributed by atoms with Crippen LogP contribution < -0.4 is 11.4 Å². The van der Waals surface area contributed by atoms with Gasteiger partial charge in [0.2, 0.25) is 0 Å². The number of rotatable bonds is 6. The third-order valence-electron chi connectivity index (χ3n) is 2.06. The van der Waals surface area contributed by atoms with E-state index in [2.05, 4.69) is 4.98 Å². The van der Waals surface area contributed by atoms with Crippen LogP contribution in [0, 0.1) is 5.82 Å². The minimum atomic E-state index is -4.40. The van der Waals surface area contributed by atoms with E-state index in [9.17, 15) is 13.8 Å². The Balaban J connectivity index is 2.79. The average Bonchev–Trinajstić information content (AvgIpc) is 2.29. The molecule has 9 nitrogen and oxygen atoms in total. The fourth-order valence-corrected chi connectivity index (χ4v) is 1.60. The molecule has 0 amide bonds. The minimum Gasteiger partial charge on any atom is -0.394 e. The first kappa shape index (κ1) is 15.7. The molecule has 0 unspecified atom stereocenters. The summed E-state index contributed by atoms with van der Waals surface area (Å²) in [5.74, 6) is -1.48. The van der Waals surface area contributed by atoms with Crippen molar-refractivity contribution >= 4 is 13.4 Å². The zero-order valence-corrected chi connectivity index (χ0v) is 10.5. The summed E-state index contributed by atoms with van der Waals surface area (Å²) in [6.45, 7) is -0.933. The molecule has 0 fully saturated rings. The van der Waals surface area contributed by atoms with Gasteiger partial charge in [0, 0.05) is 6.20 Å². The van der Waals surface area contributed by atoms with Crippen molar-refractivity contribution in [1.82, 2.24) is 9.55 Å². The highest BCUT2D eigenvalue weighted by Gasteiger charge is 2.18. The number of ether oxygens (including phenoxy) is 1. The standard InChI is InChI=1S/C8H13FN3O6P/c9-6-2-12(8(14)11-7(6)10)1-5(3-13)18-4-19(15,16)17/h2,5,13H,1,3-4H2,(H2,10,11,14)(H2,15,16,17)/t5-/m0/s1. The third kappa shape index (κ3) is 5.05. The summed E-state index contributed by atoms with van der Waals surface area (Å²) in [6.07, 6.45) is -1.23. The Morgan fingerprint density at radius 3 is 2.74 bits per heavy atom. The van der Waals surface area contributed by atoms with Crippen LogP contribution in [0.2, 0.25) is 0 Å². The van der Waals surface area contributed by atoms with Crippen LogP contribution in [-0.4, -0.2) is 43.5 Å².